The van der Waals surface area contributed by atoms with Crippen LogP contribution in [-0.2, 0) is 16.0 Å². The number of nitrogens with one attached hydrogen (secondary N) is 3. The van der Waals surface area contributed by atoms with Crippen LogP contribution in [0.4, 0.5) is 17.5 Å². The molecule has 1 aromatic carbocycles. The van der Waals surface area contributed by atoms with Crippen LogP contribution in [0, 0.1) is 0 Å². The van der Waals surface area contributed by atoms with Crippen molar-refractivity contribution in [2.24, 2.45) is 0 Å². The van der Waals surface area contributed by atoms with E-state index in [1.54, 1.807) is 0 Å². The van der Waals surface area contributed by atoms with Crippen LogP contribution in [0.5, 0.6) is 0 Å². The SMILES string of the molecule is CCc1ccccc1NC(=O)C1CC(=O)Nc2nc(N3CCCCC3CC)[nH]c(=O)c21. The zero-order valence-electron chi connectivity index (χ0n) is 18.0. The van der Waals surface area contributed by atoms with Crippen LogP contribution in [-0.4, -0.2) is 34.4 Å². The van der Waals surface area contributed by atoms with Gasteiger partial charge in [-0.1, -0.05) is 32.0 Å². The Hall–Kier alpha value is -3.16. The summed E-state index contributed by atoms with van der Waals surface area (Å²) in [6, 6.07) is 7.84. The molecule has 2 aliphatic rings. The van der Waals surface area contributed by atoms with Crippen LogP contribution in [0.1, 0.15) is 63.0 Å². The van der Waals surface area contributed by atoms with Gasteiger partial charge in [-0.05, 0) is 43.7 Å². The number of H-pyrrole nitrogens is 1. The van der Waals surface area contributed by atoms with Gasteiger partial charge in [0.1, 0.15) is 5.82 Å². The highest BCUT2D eigenvalue weighted by Crippen LogP contribution is 2.32. The predicted molar refractivity (Wildman–Crippen MR) is 121 cm³/mol. The van der Waals surface area contributed by atoms with E-state index >= 15 is 0 Å². The van der Waals surface area contributed by atoms with E-state index < -0.39 is 5.92 Å². The number of piperidine rings is 1. The number of anilines is 3. The first-order valence-corrected chi connectivity index (χ1v) is 11.1. The van der Waals surface area contributed by atoms with Gasteiger partial charge < -0.3 is 15.5 Å². The molecule has 1 aromatic heterocycles. The molecule has 2 atom stereocenters. The van der Waals surface area contributed by atoms with Gasteiger partial charge in [-0.15, -0.1) is 0 Å². The number of carbonyl (C=O) groups is 2. The molecule has 0 aliphatic carbocycles. The Balaban J connectivity index is 1.67. The van der Waals surface area contributed by atoms with Crippen molar-refractivity contribution in [2.45, 2.75) is 64.3 Å². The molecule has 2 aliphatic heterocycles. The highest BCUT2D eigenvalue weighted by molar-refractivity contribution is 6.04. The summed E-state index contributed by atoms with van der Waals surface area (Å²) in [7, 11) is 0. The standard InChI is InChI=1S/C23H29N5O3/c1-3-14-9-5-6-11-17(14)24-21(30)16-13-18(29)25-20-19(16)22(31)27-23(26-20)28-12-8-7-10-15(28)4-2/h5-6,9,11,15-16H,3-4,7-8,10,12-13H2,1-2H3,(H,24,30)(H2,25,26,27,29,31). The Kier molecular flexibility index (Phi) is 6.06. The fourth-order valence-electron chi connectivity index (χ4n) is 4.59. The number of rotatable bonds is 5. The molecule has 1 saturated heterocycles. The number of hydrogen-bond donors (Lipinski definition) is 3. The highest BCUT2D eigenvalue weighted by atomic mass is 16.2. The largest absolute Gasteiger partial charge is 0.339 e. The lowest BCUT2D eigenvalue weighted by Crippen LogP contribution is -2.43. The topological polar surface area (TPSA) is 107 Å². The van der Waals surface area contributed by atoms with E-state index in [1.165, 1.54) is 0 Å². The Labute approximate surface area is 181 Å². The van der Waals surface area contributed by atoms with Gasteiger partial charge in [-0.2, -0.15) is 4.98 Å². The molecule has 0 bridgehead atoms. The normalized spacial score (nSPS) is 20.7. The third-order valence-electron chi connectivity index (χ3n) is 6.28. The summed E-state index contributed by atoms with van der Waals surface area (Å²) < 4.78 is 0. The maximum Gasteiger partial charge on any atom is 0.258 e. The van der Waals surface area contributed by atoms with Crippen molar-refractivity contribution in [3.63, 3.8) is 0 Å². The monoisotopic (exact) mass is 423 g/mol. The maximum absolute atomic E-state index is 13.1. The minimum Gasteiger partial charge on any atom is -0.339 e. The zero-order chi connectivity index (χ0) is 22.0. The molecule has 8 nitrogen and oxygen atoms in total. The molecule has 0 saturated carbocycles. The second-order valence-corrected chi connectivity index (χ2v) is 8.21. The number of para-hydroxylation sites is 1. The van der Waals surface area contributed by atoms with Crippen LogP contribution < -0.4 is 21.1 Å². The van der Waals surface area contributed by atoms with E-state index in [1.807, 2.05) is 31.2 Å². The second-order valence-electron chi connectivity index (χ2n) is 8.21. The summed E-state index contributed by atoms with van der Waals surface area (Å²) in [5.41, 5.74) is 1.54. The van der Waals surface area contributed by atoms with Crippen molar-refractivity contribution in [1.82, 2.24) is 9.97 Å². The highest BCUT2D eigenvalue weighted by Gasteiger charge is 2.36. The molecule has 3 N–H and O–H groups in total. The Morgan fingerprint density at radius 3 is 2.81 bits per heavy atom. The number of aromatic amines is 1. The van der Waals surface area contributed by atoms with Crippen molar-refractivity contribution >= 4 is 29.3 Å². The Morgan fingerprint density at radius 2 is 2.03 bits per heavy atom. The van der Waals surface area contributed by atoms with E-state index in [4.69, 9.17) is 0 Å². The van der Waals surface area contributed by atoms with Crippen LogP contribution in [0.2, 0.25) is 0 Å². The van der Waals surface area contributed by atoms with Crippen molar-refractivity contribution in [1.29, 1.82) is 0 Å². The van der Waals surface area contributed by atoms with E-state index in [2.05, 4.69) is 32.4 Å². The molecule has 31 heavy (non-hydrogen) atoms. The van der Waals surface area contributed by atoms with Crippen LogP contribution in [0.3, 0.4) is 0 Å². The van der Waals surface area contributed by atoms with Crippen LogP contribution >= 0.6 is 0 Å². The van der Waals surface area contributed by atoms with Gasteiger partial charge in [0, 0.05) is 24.7 Å². The third-order valence-corrected chi connectivity index (χ3v) is 6.28. The first-order valence-electron chi connectivity index (χ1n) is 11.1. The van der Waals surface area contributed by atoms with Gasteiger partial charge in [-0.25, -0.2) is 0 Å². The van der Waals surface area contributed by atoms with E-state index in [0.717, 1.165) is 44.2 Å². The number of amides is 2. The van der Waals surface area contributed by atoms with Crippen molar-refractivity contribution in [3.05, 3.63) is 45.7 Å². The summed E-state index contributed by atoms with van der Waals surface area (Å²) in [5, 5.41) is 5.61. The lowest BCUT2D eigenvalue weighted by Gasteiger charge is -2.36. The number of benzene rings is 1. The summed E-state index contributed by atoms with van der Waals surface area (Å²) in [4.78, 5) is 48.1. The minimum absolute atomic E-state index is 0.0848. The lowest BCUT2D eigenvalue weighted by atomic mass is 9.92. The Bertz CT molecular complexity index is 1050. The molecule has 8 heteroatoms. The molecule has 0 radical (unpaired) electrons. The van der Waals surface area contributed by atoms with Gasteiger partial charge >= 0.3 is 0 Å². The number of hydrogen-bond acceptors (Lipinski definition) is 5. The second kappa shape index (κ2) is 8.91. The number of carbonyl (C=O) groups excluding carboxylic acids is 2. The Morgan fingerprint density at radius 1 is 1.23 bits per heavy atom. The lowest BCUT2D eigenvalue weighted by molar-refractivity contribution is -0.123. The molecule has 2 amide bonds. The van der Waals surface area contributed by atoms with Crippen LogP contribution in [0.15, 0.2) is 29.1 Å². The molecule has 3 heterocycles. The fourth-order valence-corrected chi connectivity index (χ4v) is 4.59. The molecular formula is C23H29N5O3. The number of nitrogens with zero attached hydrogens (tertiary/aromatic N) is 2. The van der Waals surface area contributed by atoms with Gasteiger partial charge in [0.05, 0.1) is 11.5 Å². The predicted octanol–water partition coefficient (Wildman–Crippen LogP) is 3.17. The first-order chi connectivity index (χ1) is 15.0. The van der Waals surface area contributed by atoms with Gasteiger partial charge in [0.15, 0.2) is 0 Å². The molecule has 2 aromatic rings. The average Bonchev–Trinajstić information content (AvgIpc) is 2.78. The zero-order valence-corrected chi connectivity index (χ0v) is 18.0. The first kappa shape index (κ1) is 21.1. The number of aryl methyl sites for hydroxylation is 1. The third kappa shape index (κ3) is 4.19. The van der Waals surface area contributed by atoms with Gasteiger partial charge in [0.25, 0.3) is 5.56 Å². The quantitative estimate of drug-likeness (QED) is 0.685. The smallest absolute Gasteiger partial charge is 0.258 e. The van der Waals surface area contributed by atoms with Crippen molar-refractivity contribution in [2.75, 3.05) is 22.1 Å². The van der Waals surface area contributed by atoms with Gasteiger partial charge in [-0.3, -0.25) is 19.4 Å². The fraction of sp³-hybridized carbons (Fsp3) is 0.478. The van der Waals surface area contributed by atoms with Crippen molar-refractivity contribution < 1.29 is 9.59 Å². The number of aromatic nitrogens is 2. The van der Waals surface area contributed by atoms with Crippen LogP contribution in [0.25, 0.3) is 0 Å². The van der Waals surface area contributed by atoms with Gasteiger partial charge in [0.2, 0.25) is 17.8 Å². The number of fused-ring (bicyclic) bond motifs is 1. The van der Waals surface area contributed by atoms with E-state index in [-0.39, 0.29) is 35.2 Å². The maximum atomic E-state index is 13.1. The van der Waals surface area contributed by atoms with Crippen molar-refractivity contribution in [3.8, 4) is 0 Å². The molecular weight excluding hydrogens is 394 g/mol. The summed E-state index contributed by atoms with van der Waals surface area (Å²) in [6.07, 6.45) is 4.87. The molecule has 164 valence electrons. The summed E-state index contributed by atoms with van der Waals surface area (Å²) >= 11 is 0. The summed E-state index contributed by atoms with van der Waals surface area (Å²) in [5.74, 6) is -0.915. The molecule has 1 fully saturated rings. The molecule has 4 rings (SSSR count). The summed E-state index contributed by atoms with van der Waals surface area (Å²) in [6.45, 7) is 4.94. The van der Waals surface area contributed by atoms with E-state index in [0.29, 0.717) is 17.7 Å². The molecule has 0 spiro atoms. The average molecular weight is 424 g/mol. The van der Waals surface area contributed by atoms with E-state index in [9.17, 15) is 14.4 Å². The molecule has 2 unspecified atom stereocenters. The minimum atomic E-state index is -0.887.